The van der Waals surface area contributed by atoms with Crippen LogP contribution in [-0.4, -0.2) is 16.7 Å². The van der Waals surface area contributed by atoms with Gasteiger partial charge in [0.1, 0.15) is 0 Å². The molecule has 0 heterocycles. The fourth-order valence-electron chi connectivity index (χ4n) is 10.1. The molecular formula is C31H57NO. The van der Waals surface area contributed by atoms with Crippen LogP contribution in [0.3, 0.4) is 0 Å². The third kappa shape index (κ3) is 4.59. The van der Waals surface area contributed by atoms with Crippen molar-refractivity contribution < 1.29 is 5.11 Å². The summed E-state index contributed by atoms with van der Waals surface area (Å²) in [5.41, 5.74) is 8.32. The van der Waals surface area contributed by atoms with Crippen LogP contribution in [0, 0.1) is 46.3 Å². The van der Waals surface area contributed by atoms with Gasteiger partial charge in [-0.1, -0.05) is 73.1 Å². The van der Waals surface area contributed by atoms with Gasteiger partial charge in [-0.3, -0.25) is 0 Å². The largest absolute Gasteiger partial charge is 0.393 e. The molecular weight excluding hydrogens is 402 g/mol. The van der Waals surface area contributed by atoms with Crippen molar-refractivity contribution in [2.45, 2.75) is 149 Å². The highest BCUT2D eigenvalue weighted by Gasteiger charge is 2.64. The van der Waals surface area contributed by atoms with Gasteiger partial charge in [-0.15, -0.1) is 0 Å². The van der Waals surface area contributed by atoms with Crippen molar-refractivity contribution in [1.82, 2.24) is 0 Å². The molecule has 0 spiro atoms. The molecule has 4 saturated carbocycles. The first-order valence-electron chi connectivity index (χ1n) is 15.1. The van der Waals surface area contributed by atoms with Crippen LogP contribution in [0.15, 0.2) is 0 Å². The van der Waals surface area contributed by atoms with Crippen molar-refractivity contribution in [3.05, 3.63) is 0 Å². The highest BCUT2D eigenvalue weighted by atomic mass is 16.3. The number of unbranched alkanes of at least 4 members (excludes halogenated alkanes) is 2. The molecule has 2 heteroatoms. The summed E-state index contributed by atoms with van der Waals surface area (Å²) in [5.74, 6) is 4.88. The Bertz CT molecular complexity index is 649. The van der Waals surface area contributed by atoms with Crippen LogP contribution in [0.25, 0.3) is 0 Å². The fourth-order valence-corrected chi connectivity index (χ4v) is 10.1. The zero-order valence-electron chi connectivity index (χ0n) is 22.9. The summed E-state index contributed by atoms with van der Waals surface area (Å²) >= 11 is 0. The van der Waals surface area contributed by atoms with Crippen molar-refractivity contribution >= 4 is 0 Å². The molecule has 0 aromatic carbocycles. The van der Waals surface area contributed by atoms with Gasteiger partial charge in [-0.2, -0.15) is 0 Å². The molecule has 10 atom stereocenters. The summed E-state index contributed by atoms with van der Waals surface area (Å²) < 4.78 is 0. The van der Waals surface area contributed by atoms with E-state index in [1.54, 1.807) is 0 Å². The van der Waals surface area contributed by atoms with E-state index in [0.29, 0.717) is 16.7 Å². The molecule has 4 aliphatic rings. The Kier molecular flexibility index (Phi) is 7.97. The summed E-state index contributed by atoms with van der Waals surface area (Å²) in [4.78, 5) is 0. The predicted molar refractivity (Wildman–Crippen MR) is 141 cm³/mol. The maximum atomic E-state index is 10.3. The first kappa shape index (κ1) is 26.0. The van der Waals surface area contributed by atoms with Gasteiger partial charge >= 0.3 is 0 Å². The number of fused-ring (bicyclic) bond motifs is 5. The Morgan fingerprint density at radius 3 is 2.33 bits per heavy atom. The molecule has 33 heavy (non-hydrogen) atoms. The standard InChI is InChI=1S/C31H57NO/c1-6-7-8-10-22(2)11-9-12-23(3)31(32)20-17-28-26-14-13-24-21-25(33)15-18-29(24,4)27(26)16-19-30(28,31)5/h22-28,33H,6-21,32H2,1-5H3/t22-,23+,24?,25?,26?,27?,28-,29?,30?,31-/m1/s1. The number of aliphatic hydroxyl groups is 1. The molecule has 0 radical (unpaired) electrons. The Morgan fingerprint density at radius 1 is 0.848 bits per heavy atom. The van der Waals surface area contributed by atoms with E-state index in [9.17, 15) is 5.11 Å². The van der Waals surface area contributed by atoms with Gasteiger partial charge in [0, 0.05) is 5.54 Å². The number of rotatable bonds is 9. The van der Waals surface area contributed by atoms with Crippen LogP contribution in [0.2, 0.25) is 0 Å². The van der Waals surface area contributed by atoms with Gasteiger partial charge in [-0.25, -0.2) is 0 Å². The van der Waals surface area contributed by atoms with Gasteiger partial charge in [-0.05, 0) is 111 Å². The summed E-state index contributed by atoms with van der Waals surface area (Å²) in [7, 11) is 0. The molecule has 0 aliphatic heterocycles. The molecule has 192 valence electrons. The van der Waals surface area contributed by atoms with E-state index < -0.39 is 0 Å². The zero-order chi connectivity index (χ0) is 23.9. The zero-order valence-corrected chi connectivity index (χ0v) is 22.9. The average molecular weight is 460 g/mol. The minimum Gasteiger partial charge on any atom is -0.393 e. The molecule has 0 amide bonds. The molecule has 2 nitrogen and oxygen atoms in total. The third-order valence-corrected chi connectivity index (χ3v) is 12.5. The van der Waals surface area contributed by atoms with E-state index >= 15 is 0 Å². The van der Waals surface area contributed by atoms with Crippen LogP contribution in [-0.2, 0) is 0 Å². The van der Waals surface area contributed by atoms with Gasteiger partial charge in [0.05, 0.1) is 6.10 Å². The molecule has 4 fully saturated rings. The second-order valence-corrected chi connectivity index (χ2v) is 14.1. The first-order chi connectivity index (χ1) is 15.7. The van der Waals surface area contributed by atoms with Crippen molar-refractivity contribution in [3.63, 3.8) is 0 Å². The summed E-state index contributed by atoms with van der Waals surface area (Å²) in [6.07, 6.45) is 21.1. The van der Waals surface area contributed by atoms with Crippen molar-refractivity contribution in [2.75, 3.05) is 0 Å². The molecule has 4 aliphatic carbocycles. The molecule has 0 bridgehead atoms. The van der Waals surface area contributed by atoms with Crippen LogP contribution in [0.4, 0.5) is 0 Å². The topological polar surface area (TPSA) is 46.2 Å². The molecule has 4 rings (SSSR count). The fraction of sp³-hybridized carbons (Fsp3) is 1.00. The Labute approximate surface area is 206 Å². The van der Waals surface area contributed by atoms with Crippen molar-refractivity contribution in [2.24, 2.45) is 52.1 Å². The number of hydrogen-bond acceptors (Lipinski definition) is 2. The number of aliphatic hydroxyl groups excluding tert-OH is 1. The smallest absolute Gasteiger partial charge is 0.0543 e. The van der Waals surface area contributed by atoms with Crippen LogP contribution in [0.1, 0.15) is 137 Å². The molecule has 0 aromatic rings. The van der Waals surface area contributed by atoms with Gasteiger partial charge in [0.25, 0.3) is 0 Å². The van der Waals surface area contributed by atoms with E-state index in [2.05, 4.69) is 34.6 Å². The van der Waals surface area contributed by atoms with Crippen molar-refractivity contribution in [3.8, 4) is 0 Å². The average Bonchev–Trinajstić information content (AvgIpc) is 3.06. The summed E-state index contributed by atoms with van der Waals surface area (Å²) in [6.45, 7) is 12.5. The van der Waals surface area contributed by atoms with E-state index in [-0.39, 0.29) is 11.6 Å². The molecule has 3 N–H and O–H groups in total. The molecule has 6 unspecified atom stereocenters. The monoisotopic (exact) mass is 459 g/mol. The second-order valence-electron chi connectivity index (χ2n) is 14.1. The van der Waals surface area contributed by atoms with Crippen LogP contribution < -0.4 is 5.73 Å². The maximum absolute atomic E-state index is 10.3. The minimum atomic E-state index is -0.0353. The van der Waals surface area contributed by atoms with E-state index in [4.69, 9.17) is 5.73 Å². The maximum Gasteiger partial charge on any atom is 0.0543 e. The van der Waals surface area contributed by atoms with Crippen molar-refractivity contribution in [1.29, 1.82) is 0 Å². The minimum absolute atomic E-state index is 0.0353. The Balaban J connectivity index is 1.38. The molecule has 0 saturated heterocycles. The second kappa shape index (κ2) is 10.1. The lowest BCUT2D eigenvalue weighted by Crippen LogP contribution is -2.61. The van der Waals surface area contributed by atoms with E-state index in [1.165, 1.54) is 89.9 Å². The quantitative estimate of drug-likeness (QED) is 0.342. The lowest BCUT2D eigenvalue weighted by atomic mass is 9.43. The summed E-state index contributed by atoms with van der Waals surface area (Å²) in [6, 6.07) is 0. The van der Waals surface area contributed by atoms with Crippen LogP contribution >= 0.6 is 0 Å². The number of hydrogen-bond donors (Lipinski definition) is 2. The predicted octanol–water partition coefficient (Wildman–Crippen LogP) is 8.11. The lowest BCUT2D eigenvalue weighted by molar-refractivity contribution is -0.132. The third-order valence-electron chi connectivity index (χ3n) is 12.5. The van der Waals surface area contributed by atoms with Gasteiger partial charge < -0.3 is 10.8 Å². The van der Waals surface area contributed by atoms with Crippen LogP contribution in [0.5, 0.6) is 0 Å². The highest BCUT2D eigenvalue weighted by Crippen LogP contribution is 2.68. The SMILES string of the molecule is CCCCC[C@@H](C)CCC[C@H](C)[C@]1(N)CC[C@@H]2C3CCC4CC(O)CCC4(C)C3CCC21C. The van der Waals surface area contributed by atoms with E-state index in [1.807, 2.05) is 0 Å². The van der Waals surface area contributed by atoms with Gasteiger partial charge in [0.15, 0.2) is 0 Å². The first-order valence-corrected chi connectivity index (χ1v) is 15.1. The highest BCUT2D eigenvalue weighted by molar-refractivity contribution is 5.17. The van der Waals surface area contributed by atoms with E-state index in [0.717, 1.165) is 42.4 Å². The van der Waals surface area contributed by atoms with Gasteiger partial charge in [0.2, 0.25) is 0 Å². The Morgan fingerprint density at radius 2 is 1.58 bits per heavy atom. The lowest BCUT2D eigenvalue weighted by Gasteiger charge is -2.62. The summed E-state index contributed by atoms with van der Waals surface area (Å²) in [5, 5.41) is 10.3. The number of nitrogens with two attached hydrogens (primary N) is 1. The molecule has 0 aromatic heterocycles. The normalized spacial score (nSPS) is 46.8. The Hall–Kier alpha value is -0.0800.